The third kappa shape index (κ3) is 5.33. The number of ether oxygens (including phenoxy) is 1. The zero-order chi connectivity index (χ0) is 28.4. The van der Waals surface area contributed by atoms with Gasteiger partial charge in [-0.25, -0.2) is 8.78 Å². The molecule has 40 heavy (non-hydrogen) atoms. The Morgan fingerprint density at radius 3 is 2.48 bits per heavy atom. The zero-order valence-corrected chi connectivity index (χ0v) is 21.6. The Bertz CT molecular complexity index is 1660. The molecule has 0 bridgehead atoms. The van der Waals surface area contributed by atoms with Crippen LogP contribution in [0.2, 0.25) is 0 Å². The number of halogens is 2. The van der Waals surface area contributed by atoms with Gasteiger partial charge in [-0.3, -0.25) is 19.2 Å². The van der Waals surface area contributed by atoms with Gasteiger partial charge < -0.3 is 19.5 Å². The Morgan fingerprint density at radius 2 is 1.73 bits per heavy atom. The number of hydrogen-bond donors (Lipinski definition) is 1. The largest absolute Gasteiger partial charge is 0.465 e. The summed E-state index contributed by atoms with van der Waals surface area (Å²) in [5, 5.41) is 2.94. The van der Waals surface area contributed by atoms with Gasteiger partial charge in [0.2, 0.25) is 0 Å². The van der Waals surface area contributed by atoms with Crippen molar-refractivity contribution in [1.29, 1.82) is 0 Å². The van der Waals surface area contributed by atoms with Crippen molar-refractivity contribution >= 4 is 40.2 Å². The third-order valence-corrected chi connectivity index (χ3v) is 6.78. The summed E-state index contributed by atoms with van der Waals surface area (Å²) in [7, 11) is 0. The highest BCUT2D eigenvalue weighted by Crippen LogP contribution is 2.28. The van der Waals surface area contributed by atoms with Gasteiger partial charge in [0.15, 0.2) is 11.6 Å². The first-order chi connectivity index (χ1) is 19.2. The average molecular weight is 546 g/mol. The summed E-state index contributed by atoms with van der Waals surface area (Å²) < 4.78 is 33.5. The molecule has 0 saturated carbocycles. The molecule has 2 amide bonds. The van der Waals surface area contributed by atoms with Crippen molar-refractivity contribution in [2.24, 2.45) is 0 Å². The lowest BCUT2D eigenvalue weighted by Gasteiger charge is -2.28. The number of anilines is 1. The highest BCUT2D eigenvalue weighted by atomic mass is 19.2. The van der Waals surface area contributed by atoms with E-state index < -0.39 is 35.2 Å². The topological polar surface area (TPSA) is 97.7 Å². The summed E-state index contributed by atoms with van der Waals surface area (Å²) in [6.45, 7) is 2.36. The van der Waals surface area contributed by atoms with E-state index in [2.05, 4.69) is 5.32 Å². The van der Waals surface area contributed by atoms with E-state index in [4.69, 9.17) is 4.74 Å². The molecule has 3 aromatic carbocycles. The molecule has 1 aliphatic heterocycles. The summed E-state index contributed by atoms with van der Waals surface area (Å²) in [5.74, 6) is -4.89. The molecule has 1 aliphatic rings. The van der Waals surface area contributed by atoms with Crippen LogP contribution in [0.25, 0.3) is 10.9 Å². The van der Waals surface area contributed by atoms with Crippen molar-refractivity contribution in [3.8, 4) is 0 Å². The minimum atomic E-state index is -1.16. The molecule has 5 rings (SSSR count). The summed E-state index contributed by atoms with van der Waals surface area (Å²) in [4.78, 5) is 53.3. The number of aromatic nitrogens is 1. The molecule has 0 aliphatic carbocycles. The van der Waals surface area contributed by atoms with Gasteiger partial charge in [0.05, 0.1) is 12.2 Å². The van der Waals surface area contributed by atoms with E-state index in [1.165, 1.54) is 21.7 Å². The lowest BCUT2D eigenvalue weighted by atomic mass is 9.99. The Balaban J connectivity index is 1.47. The van der Waals surface area contributed by atoms with Gasteiger partial charge in [0, 0.05) is 41.4 Å². The minimum Gasteiger partial charge on any atom is -0.465 e. The molecule has 4 aromatic rings. The maximum Gasteiger partial charge on any atom is 0.325 e. The first kappa shape index (κ1) is 26.7. The smallest absolute Gasteiger partial charge is 0.325 e. The minimum absolute atomic E-state index is 0.0621. The summed E-state index contributed by atoms with van der Waals surface area (Å²) in [6, 6.07) is 15.1. The maximum absolute atomic E-state index is 13.6. The van der Waals surface area contributed by atoms with Crippen LogP contribution in [0, 0.1) is 11.6 Å². The number of carbonyl (C=O) groups is 4. The van der Waals surface area contributed by atoms with E-state index >= 15 is 0 Å². The van der Waals surface area contributed by atoms with Crippen LogP contribution in [0.1, 0.15) is 38.8 Å². The number of hydrogen-bond acceptors (Lipinski definition) is 5. The number of benzene rings is 3. The molecule has 0 spiro atoms. The number of nitrogens with one attached hydrogen (secondary N) is 1. The summed E-state index contributed by atoms with van der Waals surface area (Å²) in [5.41, 5.74) is 2.79. The van der Waals surface area contributed by atoms with E-state index in [9.17, 15) is 28.0 Å². The molecule has 0 unspecified atom stereocenters. The first-order valence-corrected chi connectivity index (χ1v) is 12.7. The highest BCUT2D eigenvalue weighted by molar-refractivity contribution is 6.45. The molecule has 8 nitrogen and oxygen atoms in total. The average Bonchev–Trinajstić information content (AvgIpc) is 3.30. The van der Waals surface area contributed by atoms with E-state index in [-0.39, 0.29) is 30.0 Å². The molecular weight excluding hydrogens is 520 g/mol. The monoisotopic (exact) mass is 545 g/mol. The van der Waals surface area contributed by atoms with E-state index in [0.29, 0.717) is 30.4 Å². The van der Waals surface area contributed by atoms with Crippen LogP contribution in [0.3, 0.4) is 0 Å². The molecular formula is C30H25F2N3O5. The van der Waals surface area contributed by atoms with Crippen LogP contribution < -0.4 is 5.32 Å². The number of carbonyl (C=O) groups excluding carboxylic acids is 4. The van der Waals surface area contributed by atoms with Gasteiger partial charge >= 0.3 is 5.97 Å². The number of rotatable bonds is 7. The number of Topliss-reactive ketones (excluding diaryl/α,β-unsaturated/α-hetero) is 1. The Hall–Kier alpha value is -4.86. The van der Waals surface area contributed by atoms with Crippen LogP contribution in [-0.4, -0.2) is 46.2 Å². The van der Waals surface area contributed by atoms with E-state index in [0.717, 1.165) is 29.3 Å². The third-order valence-electron chi connectivity index (χ3n) is 6.78. The molecule has 0 saturated heterocycles. The second-order valence-electron chi connectivity index (χ2n) is 9.37. The molecule has 2 heterocycles. The summed E-state index contributed by atoms with van der Waals surface area (Å²) >= 11 is 0. The molecule has 0 fully saturated rings. The second-order valence-corrected chi connectivity index (χ2v) is 9.37. The highest BCUT2D eigenvalue weighted by Gasteiger charge is 2.29. The maximum atomic E-state index is 13.6. The first-order valence-electron chi connectivity index (χ1n) is 12.7. The SMILES string of the molecule is CCOC(=O)Cn1cc(C(=O)C(=O)N2CCc3ccccc3C2)c2cc(NC(=O)c3ccc(F)c(F)c3)ccc21. The van der Waals surface area contributed by atoms with Crippen molar-refractivity contribution in [2.45, 2.75) is 26.4 Å². The predicted octanol–water partition coefficient (Wildman–Crippen LogP) is 4.50. The number of nitrogens with zero attached hydrogens (tertiary/aromatic N) is 2. The lowest BCUT2D eigenvalue weighted by Crippen LogP contribution is -2.40. The number of amides is 2. The van der Waals surface area contributed by atoms with Gasteiger partial charge in [0.1, 0.15) is 6.54 Å². The fourth-order valence-corrected chi connectivity index (χ4v) is 4.80. The molecule has 0 radical (unpaired) electrons. The van der Waals surface area contributed by atoms with Crippen molar-refractivity contribution in [3.05, 3.63) is 101 Å². The summed E-state index contributed by atoms with van der Waals surface area (Å²) in [6.07, 6.45) is 2.06. The molecule has 1 aromatic heterocycles. The fourth-order valence-electron chi connectivity index (χ4n) is 4.80. The van der Waals surface area contributed by atoms with Crippen LogP contribution in [0.5, 0.6) is 0 Å². The molecule has 0 atom stereocenters. The fraction of sp³-hybridized carbons (Fsp3) is 0.200. The Labute approximate surface area is 228 Å². The number of ketones is 1. The van der Waals surface area contributed by atoms with Gasteiger partial charge in [-0.15, -0.1) is 0 Å². The van der Waals surface area contributed by atoms with Crippen LogP contribution in [0.4, 0.5) is 14.5 Å². The van der Waals surface area contributed by atoms with Crippen molar-refractivity contribution in [1.82, 2.24) is 9.47 Å². The lowest BCUT2D eigenvalue weighted by molar-refractivity contribution is -0.143. The van der Waals surface area contributed by atoms with Crippen molar-refractivity contribution in [3.63, 3.8) is 0 Å². The number of esters is 1. The standard InChI is InChI=1S/C30H25F2N3O5/c1-2-40-27(36)17-35-16-23(28(37)30(39)34-12-11-18-5-3-4-6-20(18)15-34)22-14-21(8-10-26(22)35)33-29(38)19-7-9-24(31)25(32)13-19/h3-10,13-14,16H,2,11-12,15,17H2,1H3,(H,33,38). The predicted molar refractivity (Wildman–Crippen MR) is 143 cm³/mol. The normalized spacial score (nSPS) is 12.6. The van der Waals surface area contributed by atoms with Gasteiger partial charge in [-0.2, -0.15) is 0 Å². The molecule has 1 N–H and O–H groups in total. The van der Waals surface area contributed by atoms with Crippen molar-refractivity contribution < 1.29 is 32.7 Å². The van der Waals surface area contributed by atoms with Crippen LogP contribution in [-0.2, 0) is 33.8 Å². The Morgan fingerprint density at radius 1 is 0.950 bits per heavy atom. The quantitative estimate of drug-likeness (QED) is 0.210. The van der Waals surface area contributed by atoms with Gasteiger partial charge in [-0.1, -0.05) is 24.3 Å². The number of fused-ring (bicyclic) bond motifs is 2. The Kier molecular flexibility index (Phi) is 7.41. The molecule has 204 valence electrons. The molecule has 10 heteroatoms. The zero-order valence-electron chi connectivity index (χ0n) is 21.6. The van der Waals surface area contributed by atoms with Gasteiger partial charge in [0.25, 0.3) is 17.6 Å². The van der Waals surface area contributed by atoms with Crippen LogP contribution >= 0.6 is 0 Å². The second kappa shape index (κ2) is 11.1. The van der Waals surface area contributed by atoms with E-state index in [1.54, 1.807) is 19.1 Å². The van der Waals surface area contributed by atoms with Crippen LogP contribution in [0.15, 0.2) is 66.9 Å². The van der Waals surface area contributed by atoms with Crippen molar-refractivity contribution in [2.75, 3.05) is 18.5 Å². The van der Waals surface area contributed by atoms with Gasteiger partial charge in [-0.05, 0) is 60.9 Å². The van der Waals surface area contributed by atoms with E-state index in [1.807, 2.05) is 24.3 Å².